The number of anilines is 1. The quantitative estimate of drug-likeness (QED) is 0.709. The van der Waals surface area contributed by atoms with Crippen molar-refractivity contribution in [3.8, 4) is 11.5 Å². The van der Waals surface area contributed by atoms with Gasteiger partial charge in [-0.25, -0.2) is 0 Å². The molecule has 0 fully saturated rings. The summed E-state index contributed by atoms with van der Waals surface area (Å²) in [5.74, 6) is 0.315. The normalized spacial score (nSPS) is 16.4. The van der Waals surface area contributed by atoms with Crippen molar-refractivity contribution in [2.45, 2.75) is 26.8 Å². The SMILES string of the molecule is CCOc1cc(C2NC(=S)N(c3ccc(C)cc3)C(C)=C2C(=O)N(C)C)ccc1O. The average molecular weight is 426 g/mol. The number of hydrogen-bond acceptors (Lipinski definition) is 4. The van der Waals surface area contributed by atoms with Crippen molar-refractivity contribution in [2.24, 2.45) is 0 Å². The summed E-state index contributed by atoms with van der Waals surface area (Å²) in [4.78, 5) is 16.6. The van der Waals surface area contributed by atoms with E-state index in [1.54, 1.807) is 37.2 Å². The van der Waals surface area contributed by atoms with E-state index >= 15 is 0 Å². The first kappa shape index (κ1) is 21.6. The lowest BCUT2D eigenvalue weighted by Crippen LogP contribution is -2.49. The van der Waals surface area contributed by atoms with E-state index in [1.165, 1.54) is 0 Å². The smallest absolute Gasteiger partial charge is 0.253 e. The van der Waals surface area contributed by atoms with Crippen molar-refractivity contribution in [2.75, 3.05) is 25.6 Å². The lowest BCUT2D eigenvalue weighted by Gasteiger charge is -2.38. The first-order chi connectivity index (χ1) is 14.2. The third-order valence-electron chi connectivity index (χ3n) is 5.03. The molecule has 2 aromatic carbocycles. The molecule has 0 aliphatic carbocycles. The standard InChI is InChI=1S/C23H27N3O3S/c1-6-29-19-13-16(9-12-18(19)27)21-20(22(28)25(4)5)15(3)26(23(30)24-21)17-10-7-14(2)8-11-17/h7-13,21,27H,6H2,1-5H3,(H,24,30). The second-order valence-electron chi connectivity index (χ2n) is 7.41. The fraction of sp³-hybridized carbons (Fsp3) is 0.304. The molecule has 158 valence electrons. The molecule has 7 heteroatoms. The first-order valence-electron chi connectivity index (χ1n) is 9.80. The van der Waals surface area contributed by atoms with Crippen LogP contribution in [0.1, 0.15) is 31.0 Å². The van der Waals surface area contributed by atoms with Gasteiger partial charge in [0.15, 0.2) is 16.6 Å². The number of likely N-dealkylation sites (N-methyl/N-ethyl adjacent to an activating group) is 1. The van der Waals surface area contributed by atoms with Crippen LogP contribution in [0.3, 0.4) is 0 Å². The maximum absolute atomic E-state index is 13.2. The second-order valence-corrected chi connectivity index (χ2v) is 7.80. The summed E-state index contributed by atoms with van der Waals surface area (Å²) in [6, 6.07) is 12.6. The number of ether oxygens (including phenoxy) is 1. The zero-order valence-electron chi connectivity index (χ0n) is 17.9. The van der Waals surface area contributed by atoms with Crippen LogP contribution in [0.4, 0.5) is 5.69 Å². The summed E-state index contributed by atoms with van der Waals surface area (Å²) in [7, 11) is 3.45. The van der Waals surface area contributed by atoms with Gasteiger partial charge in [0.05, 0.1) is 18.2 Å². The topological polar surface area (TPSA) is 65.0 Å². The highest BCUT2D eigenvalue weighted by Crippen LogP contribution is 2.37. The highest BCUT2D eigenvalue weighted by atomic mass is 32.1. The maximum Gasteiger partial charge on any atom is 0.253 e. The van der Waals surface area contributed by atoms with Crippen LogP contribution >= 0.6 is 12.2 Å². The van der Waals surface area contributed by atoms with Gasteiger partial charge >= 0.3 is 0 Å². The van der Waals surface area contributed by atoms with Crippen LogP contribution in [0, 0.1) is 6.92 Å². The molecule has 0 spiro atoms. The number of phenolic OH excluding ortho intramolecular Hbond substituents is 1. The van der Waals surface area contributed by atoms with Crippen LogP contribution in [0.2, 0.25) is 0 Å². The van der Waals surface area contributed by atoms with Crippen molar-refractivity contribution in [1.29, 1.82) is 0 Å². The van der Waals surface area contributed by atoms with Crippen LogP contribution in [0.15, 0.2) is 53.7 Å². The molecule has 3 rings (SSSR count). The fourth-order valence-corrected chi connectivity index (χ4v) is 3.86. The third kappa shape index (κ3) is 4.11. The summed E-state index contributed by atoms with van der Waals surface area (Å²) < 4.78 is 5.53. The number of nitrogens with zero attached hydrogens (tertiary/aromatic N) is 2. The molecule has 30 heavy (non-hydrogen) atoms. The number of carbonyl (C=O) groups is 1. The van der Waals surface area contributed by atoms with Gasteiger partial charge in [-0.3, -0.25) is 9.69 Å². The number of benzene rings is 2. The molecule has 1 unspecified atom stereocenters. The van der Waals surface area contributed by atoms with Crippen molar-refractivity contribution in [1.82, 2.24) is 10.2 Å². The summed E-state index contributed by atoms with van der Waals surface area (Å²) in [6.45, 7) is 6.20. The molecule has 0 bridgehead atoms. The van der Waals surface area contributed by atoms with Gasteiger partial charge in [0.1, 0.15) is 0 Å². The van der Waals surface area contributed by atoms with E-state index in [0.29, 0.717) is 23.0 Å². The Hall–Kier alpha value is -3.06. The predicted molar refractivity (Wildman–Crippen MR) is 123 cm³/mol. The molecule has 0 saturated carbocycles. The monoisotopic (exact) mass is 425 g/mol. The number of aromatic hydroxyl groups is 1. The summed E-state index contributed by atoms with van der Waals surface area (Å²) in [5.41, 5.74) is 4.16. The predicted octanol–water partition coefficient (Wildman–Crippen LogP) is 3.90. The molecule has 0 saturated heterocycles. The van der Waals surface area contributed by atoms with Gasteiger partial charge in [0.25, 0.3) is 5.91 Å². The van der Waals surface area contributed by atoms with E-state index in [2.05, 4.69) is 5.32 Å². The van der Waals surface area contributed by atoms with Gasteiger partial charge in [-0.1, -0.05) is 23.8 Å². The number of nitrogens with one attached hydrogen (secondary N) is 1. The number of thiocarbonyl (C=S) groups is 1. The number of hydrogen-bond donors (Lipinski definition) is 2. The molecule has 1 amide bonds. The molecule has 0 radical (unpaired) electrons. The number of aryl methyl sites for hydroxylation is 1. The van der Waals surface area contributed by atoms with Gasteiger partial charge in [-0.15, -0.1) is 0 Å². The molecule has 1 heterocycles. The Morgan fingerprint density at radius 1 is 1.20 bits per heavy atom. The molecular formula is C23H27N3O3S. The molecule has 1 atom stereocenters. The fourth-order valence-electron chi connectivity index (χ4n) is 3.50. The van der Waals surface area contributed by atoms with Crippen molar-refractivity contribution < 1.29 is 14.6 Å². The summed E-state index contributed by atoms with van der Waals surface area (Å²) >= 11 is 5.69. The van der Waals surface area contributed by atoms with E-state index < -0.39 is 6.04 Å². The van der Waals surface area contributed by atoms with E-state index in [9.17, 15) is 9.90 Å². The van der Waals surface area contributed by atoms with Crippen LogP contribution in [-0.2, 0) is 4.79 Å². The Balaban J connectivity index is 2.14. The Morgan fingerprint density at radius 2 is 1.87 bits per heavy atom. The van der Waals surface area contributed by atoms with Crippen LogP contribution in [0.5, 0.6) is 11.5 Å². The number of rotatable bonds is 5. The van der Waals surface area contributed by atoms with Crippen LogP contribution in [0.25, 0.3) is 0 Å². The molecule has 6 nitrogen and oxygen atoms in total. The van der Waals surface area contributed by atoms with Crippen molar-refractivity contribution in [3.05, 3.63) is 64.9 Å². The Kier molecular flexibility index (Phi) is 6.31. The lowest BCUT2D eigenvalue weighted by atomic mass is 9.93. The molecular weight excluding hydrogens is 398 g/mol. The zero-order valence-corrected chi connectivity index (χ0v) is 18.7. The van der Waals surface area contributed by atoms with Crippen molar-refractivity contribution >= 4 is 28.9 Å². The van der Waals surface area contributed by atoms with Crippen LogP contribution < -0.4 is 15.0 Å². The van der Waals surface area contributed by atoms with Crippen molar-refractivity contribution in [3.63, 3.8) is 0 Å². The van der Waals surface area contributed by atoms with E-state index in [1.807, 2.05) is 49.9 Å². The summed E-state index contributed by atoms with van der Waals surface area (Å²) in [6.07, 6.45) is 0. The van der Waals surface area contributed by atoms with Gasteiger partial charge in [0.2, 0.25) is 0 Å². The Labute approximate surface area is 182 Å². The minimum Gasteiger partial charge on any atom is -0.504 e. The number of phenols is 1. The lowest BCUT2D eigenvalue weighted by molar-refractivity contribution is -0.125. The number of allylic oxidation sites excluding steroid dienone is 1. The number of amides is 1. The molecule has 1 aliphatic rings. The molecule has 2 N–H and O–H groups in total. The van der Waals surface area contributed by atoms with E-state index in [0.717, 1.165) is 22.5 Å². The average Bonchev–Trinajstić information content (AvgIpc) is 2.70. The number of carbonyl (C=O) groups excluding carboxylic acids is 1. The highest BCUT2D eigenvalue weighted by molar-refractivity contribution is 7.80. The Morgan fingerprint density at radius 3 is 2.47 bits per heavy atom. The van der Waals surface area contributed by atoms with E-state index in [-0.39, 0.29) is 11.7 Å². The molecule has 1 aliphatic heterocycles. The minimum atomic E-state index is -0.464. The minimum absolute atomic E-state index is 0.0569. The third-order valence-corrected chi connectivity index (χ3v) is 5.33. The van der Waals surface area contributed by atoms with Gasteiger partial charge in [0, 0.05) is 25.5 Å². The molecule has 0 aromatic heterocycles. The first-order valence-corrected chi connectivity index (χ1v) is 10.2. The maximum atomic E-state index is 13.2. The Bertz CT molecular complexity index is 999. The second kappa shape index (κ2) is 8.75. The summed E-state index contributed by atoms with van der Waals surface area (Å²) in [5, 5.41) is 13.9. The van der Waals surface area contributed by atoms with Gasteiger partial charge in [-0.05, 0) is 62.8 Å². The van der Waals surface area contributed by atoms with E-state index in [4.69, 9.17) is 17.0 Å². The largest absolute Gasteiger partial charge is 0.504 e. The highest BCUT2D eigenvalue weighted by Gasteiger charge is 2.35. The van der Waals surface area contributed by atoms with Gasteiger partial charge in [-0.2, -0.15) is 0 Å². The van der Waals surface area contributed by atoms with Gasteiger partial charge < -0.3 is 20.1 Å². The zero-order chi connectivity index (χ0) is 22.0. The molecule has 2 aromatic rings. The van der Waals surface area contributed by atoms with Crippen LogP contribution in [-0.4, -0.2) is 41.7 Å².